The summed E-state index contributed by atoms with van der Waals surface area (Å²) in [7, 11) is 0. The lowest BCUT2D eigenvalue weighted by Crippen LogP contribution is -2.03. The normalized spacial score (nSPS) is 14.2. The number of carbonyl (C=O) groups is 1. The average molecular weight is 161 g/mol. The maximum absolute atomic E-state index is 11.1. The first kappa shape index (κ1) is 7.35. The number of anilines is 1. The molecule has 1 heterocycles. The SMILES string of the molecule is CCc1cccc2c1CC(=O)N2. The van der Waals surface area contributed by atoms with Crippen LogP contribution >= 0.6 is 0 Å². The Hall–Kier alpha value is -1.31. The molecule has 0 aromatic heterocycles. The van der Waals surface area contributed by atoms with E-state index in [1.807, 2.05) is 12.1 Å². The molecule has 0 fully saturated rings. The molecular weight excluding hydrogens is 150 g/mol. The highest BCUT2D eigenvalue weighted by molar-refractivity contribution is 5.99. The van der Waals surface area contributed by atoms with Crippen molar-refractivity contribution in [3.8, 4) is 0 Å². The van der Waals surface area contributed by atoms with Gasteiger partial charge in [0.2, 0.25) is 5.91 Å². The van der Waals surface area contributed by atoms with Gasteiger partial charge >= 0.3 is 0 Å². The first-order chi connectivity index (χ1) is 5.81. The Morgan fingerprint density at radius 2 is 2.33 bits per heavy atom. The third-order valence-electron chi connectivity index (χ3n) is 2.27. The highest BCUT2D eigenvalue weighted by atomic mass is 16.1. The van der Waals surface area contributed by atoms with Crippen molar-refractivity contribution in [1.82, 2.24) is 0 Å². The zero-order valence-corrected chi connectivity index (χ0v) is 7.05. The van der Waals surface area contributed by atoms with E-state index in [-0.39, 0.29) is 5.91 Å². The standard InChI is InChI=1S/C10H11NO/c1-2-7-4-3-5-9-8(7)6-10(12)11-9/h3-5H,2,6H2,1H3,(H,11,12). The molecule has 0 saturated carbocycles. The summed E-state index contributed by atoms with van der Waals surface area (Å²) in [5, 5.41) is 2.83. The van der Waals surface area contributed by atoms with E-state index in [4.69, 9.17) is 0 Å². The van der Waals surface area contributed by atoms with Crippen molar-refractivity contribution in [1.29, 1.82) is 0 Å². The van der Waals surface area contributed by atoms with Crippen molar-refractivity contribution >= 4 is 11.6 Å². The van der Waals surface area contributed by atoms with Crippen LogP contribution in [-0.4, -0.2) is 5.91 Å². The van der Waals surface area contributed by atoms with Gasteiger partial charge in [0.1, 0.15) is 0 Å². The molecule has 1 aliphatic rings. The van der Waals surface area contributed by atoms with Crippen LogP contribution in [0.3, 0.4) is 0 Å². The van der Waals surface area contributed by atoms with Gasteiger partial charge in [-0.15, -0.1) is 0 Å². The zero-order valence-electron chi connectivity index (χ0n) is 7.05. The van der Waals surface area contributed by atoms with Gasteiger partial charge in [-0.05, 0) is 23.6 Å². The Labute approximate surface area is 71.6 Å². The fourth-order valence-corrected chi connectivity index (χ4v) is 1.65. The Morgan fingerprint density at radius 3 is 3.08 bits per heavy atom. The second kappa shape index (κ2) is 2.63. The van der Waals surface area contributed by atoms with Crippen molar-refractivity contribution < 1.29 is 4.79 Å². The van der Waals surface area contributed by atoms with E-state index in [1.54, 1.807) is 0 Å². The molecule has 2 rings (SSSR count). The second-order valence-corrected chi connectivity index (χ2v) is 3.02. The number of amides is 1. The van der Waals surface area contributed by atoms with Crippen LogP contribution in [0.4, 0.5) is 5.69 Å². The lowest BCUT2D eigenvalue weighted by molar-refractivity contribution is -0.115. The summed E-state index contributed by atoms with van der Waals surface area (Å²) in [4.78, 5) is 11.1. The molecule has 0 radical (unpaired) electrons. The molecule has 2 heteroatoms. The van der Waals surface area contributed by atoms with Gasteiger partial charge in [-0.25, -0.2) is 0 Å². The monoisotopic (exact) mass is 161 g/mol. The smallest absolute Gasteiger partial charge is 0.228 e. The topological polar surface area (TPSA) is 29.1 Å². The summed E-state index contributed by atoms with van der Waals surface area (Å²) in [6, 6.07) is 6.03. The van der Waals surface area contributed by atoms with Crippen LogP contribution < -0.4 is 5.32 Å². The number of fused-ring (bicyclic) bond motifs is 1. The molecule has 0 saturated heterocycles. The number of hydrogen-bond acceptors (Lipinski definition) is 1. The van der Waals surface area contributed by atoms with Gasteiger partial charge in [-0.2, -0.15) is 0 Å². The Morgan fingerprint density at radius 1 is 1.50 bits per heavy atom. The van der Waals surface area contributed by atoms with Crippen LogP contribution in [0.5, 0.6) is 0 Å². The molecule has 62 valence electrons. The lowest BCUT2D eigenvalue weighted by atomic mass is 10.0. The maximum atomic E-state index is 11.1. The number of benzene rings is 1. The van der Waals surface area contributed by atoms with E-state index in [0.29, 0.717) is 6.42 Å². The summed E-state index contributed by atoms with van der Waals surface area (Å²) in [5.74, 6) is 0.117. The maximum Gasteiger partial charge on any atom is 0.228 e. The summed E-state index contributed by atoms with van der Waals surface area (Å²) in [6.07, 6.45) is 1.55. The van der Waals surface area contributed by atoms with Gasteiger partial charge in [0.25, 0.3) is 0 Å². The van der Waals surface area contributed by atoms with Gasteiger partial charge in [0.05, 0.1) is 6.42 Å². The Bertz CT molecular complexity index is 331. The first-order valence-corrected chi connectivity index (χ1v) is 4.22. The molecule has 0 atom stereocenters. The van der Waals surface area contributed by atoms with Crippen LogP contribution in [0.1, 0.15) is 18.1 Å². The van der Waals surface area contributed by atoms with Gasteiger partial charge < -0.3 is 5.32 Å². The summed E-state index contributed by atoms with van der Waals surface area (Å²) in [6.45, 7) is 2.11. The summed E-state index contributed by atoms with van der Waals surface area (Å²) in [5.41, 5.74) is 3.47. The van der Waals surface area contributed by atoms with Crippen molar-refractivity contribution in [3.63, 3.8) is 0 Å². The van der Waals surface area contributed by atoms with Gasteiger partial charge in [-0.1, -0.05) is 19.1 Å². The van der Waals surface area contributed by atoms with E-state index < -0.39 is 0 Å². The molecule has 0 unspecified atom stereocenters. The number of carbonyl (C=O) groups excluding carboxylic acids is 1. The van der Waals surface area contributed by atoms with Crippen molar-refractivity contribution in [2.75, 3.05) is 5.32 Å². The number of aryl methyl sites for hydroxylation is 1. The molecule has 0 spiro atoms. The predicted octanol–water partition coefficient (Wildman–Crippen LogP) is 1.74. The fraction of sp³-hybridized carbons (Fsp3) is 0.300. The molecule has 12 heavy (non-hydrogen) atoms. The minimum atomic E-state index is 0.117. The third kappa shape index (κ3) is 0.998. The molecule has 0 bridgehead atoms. The van der Waals surface area contributed by atoms with Crippen molar-refractivity contribution in [2.24, 2.45) is 0 Å². The minimum Gasteiger partial charge on any atom is -0.326 e. The second-order valence-electron chi connectivity index (χ2n) is 3.02. The quantitative estimate of drug-likeness (QED) is 0.667. The van der Waals surface area contributed by atoms with Crippen LogP contribution in [0.2, 0.25) is 0 Å². The average Bonchev–Trinajstić information content (AvgIpc) is 2.44. The Balaban J connectivity index is 2.51. The molecular formula is C10H11NO. The van der Waals surface area contributed by atoms with Crippen LogP contribution in [0, 0.1) is 0 Å². The Kier molecular flexibility index (Phi) is 1.61. The highest BCUT2D eigenvalue weighted by Gasteiger charge is 2.18. The summed E-state index contributed by atoms with van der Waals surface area (Å²) >= 11 is 0. The highest BCUT2D eigenvalue weighted by Crippen LogP contribution is 2.26. The molecule has 1 aliphatic heterocycles. The van der Waals surface area contributed by atoms with Crippen LogP contribution in [0.15, 0.2) is 18.2 Å². The predicted molar refractivity (Wildman–Crippen MR) is 48.2 cm³/mol. The van der Waals surface area contributed by atoms with Crippen LogP contribution in [-0.2, 0) is 17.6 Å². The van der Waals surface area contributed by atoms with E-state index in [0.717, 1.165) is 12.1 Å². The zero-order chi connectivity index (χ0) is 8.55. The molecule has 1 N–H and O–H groups in total. The lowest BCUT2D eigenvalue weighted by Gasteiger charge is -2.02. The van der Waals surface area contributed by atoms with Crippen molar-refractivity contribution in [3.05, 3.63) is 29.3 Å². The molecule has 1 aromatic rings. The molecule has 2 nitrogen and oxygen atoms in total. The van der Waals surface area contributed by atoms with Gasteiger partial charge in [0.15, 0.2) is 0 Å². The third-order valence-corrected chi connectivity index (χ3v) is 2.27. The van der Waals surface area contributed by atoms with E-state index in [2.05, 4.69) is 18.3 Å². The minimum absolute atomic E-state index is 0.117. The van der Waals surface area contributed by atoms with Gasteiger partial charge in [0, 0.05) is 5.69 Å². The first-order valence-electron chi connectivity index (χ1n) is 4.22. The van der Waals surface area contributed by atoms with Gasteiger partial charge in [-0.3, -0.25) is 4.79 Å². The van der Waals surface area contributed by atoms with E-state index in [1.165, 1.54) is 11.1 Å². The number of rotatable bonds is 1. The van der Waals surface area contributed by atoms with Crippen molar-refractivity contribution in [2.45, 2.75) is 19.8 Å². The van der Waals surface area contributed by atoms with E-state index >= 15 is 0 Å². The summed E-state index contributed by atoms with van der Waals surface area (Å²) < 4.78 is 0. The molecule has 1 amide bonds. The number of nitrogens with one attached hydrogen (secondary N) is 1. The molecule has 0 aliphatic carbocycles. The van der Waals surface area contributed by atoms with Crippen LogP contribution in [0.25, 0.3) is 0 Å². The van der Waals surface area contributed by atoms with E-state index in [9.17, 15) is 4.79 Å². The fourth-order valence-electron chi connectivity index (χ4n) is 1.65. The largest absolute Gasteiger partial charge is 0.326 e. The molecule has 1 aromatic carbocycles. The number of hydrogen-bond donors (Lipinski definition) is 1.